The summed E-state index contributed by atoms with van der Waals surface area (Å²) in [6.07, 6.45) is -0.849. The van der Waals surface area contributed by atoms with Gasteiger partial charge in [-0.2, -0.15) is 0 Å². The van der Waals surface area contributed by atoms with Crippen LogP contribution in [0.25, 0.3) is 0 Å². The van der Waals surface area contributed by atoms with E-state index in [2.05, 4.69) is 0 Å². The molecule has 0 spiro atoms. The molecule has 2 aromatic carbocycles. The summed E-state index contributed by atoms with van der Waals surface area (Å²) in [5, 5.41) is 10.3. The highest BCUT2D eigenvalue weighted by Crippen LogP contribution is 2.49. The third-order valence-corrected chi connectivity index (χ3v) is 5.58. The van der Waals surface area contributed by atoms with Crippen LogP contribution in [0.2, 0.25) is 0 Å². The van der Waals surface area contributed by atoms with Gasteiger partial charge in [0, 0.05) is 4.90 Å². The van der Waals surface area contributed by atoms with E-state index in [0.717, 1.165) is 5.56 Å². The number of carbonyl (C=O) groups excluding carboxylic acids is 1. The monoisotopic (exact) mass is 330 g/mol. The maximum atomic E-state index is 13.0. The fraction of sp³-hybridized carbons (Fsp3) is 0.235. The molecule has 0 radical (unpaired) electrons. The fourth-order valence-electron chi connectivity index (χ4n) is 2.96. The molecule has 6 heteroatoms. The summed E-state index contributed by atoms with van der Waals surface area (Å²) in [7, 11) is -1.59. The van der Waals surface area contributed by atoms with Crippen molar-refractivity contribution in [3.63, 3.8) is 0 Å². The van der Waals surface area contributed by atoms with Crippen molar-refractivity contribution < 1.29 is 23.6 Å². The Morgan fingerprint density at radius 3 is 2.61 bits per heavy atom. The van der Waals surface area contributed by atoms with E-state index >= 15 is 0 Å². The maximum absolute atomic E-state index is 13.0. The molecule has 23 heavy (non-hydrogen) atoms. The fourth-order valence-corrected chi connectivity index (χ4v) is 4.26. The number of hydrogen-bond acceptors (Lipinski definition) is 5. The van der Waals surface area contributed by atoms with Crippen molar-refractivity contribution in [2.75, 3.05) is 0 Å². The molecule has 1 N–H and O–H groups in total. The van der Waals surface area contributed by atoms with Crippen LogP contribution in [0.5, 0.6) is 11.5 Å². The standard InChI is InChI=1S/C17H14O5S/c1-9-2-4-10(5-3-9)23(20)17-11(18)6-7-12-15(17)16-13(21-12)8-14(19)22-16/h2-7,13,16,18H,8H2,1H3/t13-,16+,23-/m0/s1. The molecule has 0 aliphatic carbocycles. The Bertz CT molecular complexity index is 828. The zero-order valence-electron chi connectivity index (χ0n) is 12.3. The van der Waals surface area contributed by atoms with Gasteiger partial charge in [-0.25, -0.2) is 4.21 Å². The molecule has 2 heterocycles. The summed E-state index contributed by atoms with van der Waals surface area (Å²) >= 11 is 0. The van der Waals surface area contributed by atoms with Gasteiger partial charge in [-0.3, -0.25) is 4.79 Å². The number of aromatic hydroxyl groups is 1. The van der Waals surface area contributed by atoms with E-state index in [4.69, 9.17) is 9.47 Å². The number of esters is 1. The molecule has 1 saturated heterocycles. The van der Waals surface area contributed by atoms with Gasteiger partial charge in [0.2, 0.25) is 0 Å². The summed E-state index contributed by atoms with van der Waals surface area (Å²) in [6.45, 7) is 1.95. The Morgan fingerprint density at radius 2 is 1.87 bits per heavy atom. The van der Waals surface area contributed by atoms with Crippen molar-refractivity contribution in [1.29, 1.82) is 0 Å². The van der Waals surface area contributed by atoms with Gasteiger partial charge in [-0.1, -0.05) is 17.7 Å². The van der Waals surface area contributed by atoms with Gasteiger partial charge in [0.15, 0.2) is 12.2 Å². The molecule has 0 bridgehead atoms. The number of fused-ring (bicyclic) bond motifs is 3. The van der Waals surface area contributed by atoms with Gasteiger partial charge >= 0.3 is 5.97 Å². The molecule has 2 aromatic rings. The molecule has 2 aliphatic rings. The van der Waals surface area contributed by atoms with Crippen molar-refractivity contribution in [1.82, 2.24) is 0 Å². The van der Waals surface area contributed by atoms with Crippen LogP contribution >= 0.6 is 0 Å². The average molecular weight is 330 g/mol. The lowest BCUT2D eigenvalue weighted by Gasteiger charge is -2.13. The molecule has 5 nitrogen and oxygen atoms in total. The number of carbonyl (C=O) groups is 1. The van der Waals surface area contributed by atoms with Crippen molar-refractivity contribution >= 4 is 16.8 Å². The average Bonchev–Trinajstić information content (AvgIpc) is 3.03. The van der Waals surface area contributed by atoms with E-state index in [-0.39, 0.29) is 23.0 Å². The number of aryl methyl sites for hydroxylation is 1. The molecule has 0 saturated carbocycles. The van der Waals surface area contributed by atoms with E-state index in [1.165, 1.54) is 6.07 Å². The second-order valence-electron chi connectivity index (χ2n) is 5.68. The minimum Gasteiger partial charge on any atom is -0.507 e. The van der Waals surface area contributed by atoms with Crippen LogP contribution in [0.1, 0.15) is 23.7 Å². The van der Waals surface area contributed by atoms with Gasteiger partial charge in [0.25, 0.3) is 0 Å². The first kappa shape index (κ1) is 14.3. The zero-order chi connectivity index (χ0) is 16.1. The molecule has 0 amide bonds. The molecular weight excluding hydrogens is 316 g/mol. The van der Waals surface area contributed by atoms with E-state index < -0.39 is 23.0 Å². The molecule has 0 unspecified atom stereocenters. The molecule has 1 fully saturated rings. The van der Waals surface area contributed by atoms with Crippen LogP contribution < -0.4 is 4.74 Å². The van der Waals surface area contributed by atoms with E-state index in [9.17, 15) is 14.1 Å². The minimum atomic E-state index is -1.59. The quantitative estimate of drug-likeness (QED) is 0.857. The van der Waals surface area contributed by atoms with E-state index in [0.29, 0.717) is 16.2 Å². The maximum Gasteiger partial charge on any atom is 0.310 e. The summed E-state index contributed by atoms with van der Waals surface area (Å²) < 4.78 is 24.0. The third kappa shape index (κ3) is 2.21. The first-order chi connectivity index (χ1) is 11.0. The van der Waals surface area contributed by atoms with Crippen LogP contribution in [0, 0.1) is 6.92 Å². The Kier molecular flexibility index (Phi) is 3.16. The Morgan fingerprint density at radius 1 is 1.13 bits per heavy atom. The Labute approximate surface area is 135 Å². The lowest BCUT2D eigenvalue weighted by molar-refractivity contribution is -0.141. The number of rotatable bonds is 2. The molecule has 0 aromatic heterocycles. The number of benzene rings is 2. The molecule has 4 rings (SSSR count). The van der Waals surface area contributed by atoms with Gasteiger partial charge in [-0.15, -0.1) is 0 Å². The number of hydrogen-bond donors (Lipinski definition) is 1. The zero-order valence-corrected chi connectivity index (χ0v) is 13.1. The van der Waals surface area contributed by atoms with Gasteiger partial charge < -0.3 is 14.6 Å². The predicted molar refractivity (Wildman–Crippen MR) is 81.8 cm³/mol. The highest BCUT2D eigenvalue weighted by molar-refractivity contribution is 7.85. The largest absolute Gasteiger partial charge is 0.507 e. The topological polar surface area (TPSA) is 72.8 Å². The predicted octanol–water partition coefficient (Wildman–Crippen LogP) is 2.62. The highest BCUT2D eigenvalue weighted by atomic mass is 32.2. The lowest BCUT2D eigenvalue weighted by atomic mass is 10.1. The van der Waals surface area contributed by atoms with Gasteiger partial charge in [0.1, 0.15) is 11.5 Å². The first-order valence-electron chi connectivity index (χ1n) is 7.25. The number of phenolic OH excluding ortho intramolecular Hbond substituents is 1. The molecule has 3 atom stereocenters. The van der Waals surface area contributed by atoms with Crippen LogP contribution in [0.15, 0.2) is 46.2 Å². The van der Waals surface area contributed by atoms with Crippen LogP contribution in [0.3, 0.4) is 0 Å². The third-order valence-electron chi connectivity index (χ3n) is 4.08. The van der Waals surface area contributed by atoms with Gasteiger partial charge in [-0.05, 0) is 31.2 Å². The lowest BCUT2D eigenvalue weighted by Crippen LogP contribution is -2.12. The summed E-state index contributed by atoms with van der Waals surface area (Å²) in [4.78, 5) is 12.3. The van der Waals surface area contributed by atoms with Crippen molar-refractivity contribution in [2.24, 2.45) is 0 Å². The summed E-state index contributed by atoms with van der Waals surface area (Å²) in [5.74, 6) is 0.0803. The summed E-state index contributed by atoms with van der Waals surface area (Å²) in [6, 6.07) is 10.3. The van der Waals surface area contributed by atoms with Gasteiger partial charge in [0.05, 0.1) is 27.7 Å². The summed E-state index contributed by atoms with van der Waals surface area (Å²) in [5.41, 5.74) is 1.57. The van der Waals surface area contributed by atoms with Crippen molar-refractivity contribution in [3.05, 3.63) is 47.5 Å². The van der Waals surface area contributed by atoms with Crippen LogP contribution in [-0.4, -0.2) is 21.4 Å². The van der Waals surface area contributed by atoms with E-state index in [1.807, 2.05) is 19.1 Å². The van der Waals surface area contributed by atoms with Crippen LogP contribution in [0.4, 0.5) is 0 Å². The molecule has 2 aliphatic heterocycles. The minimum absolute atomic E-state index is 0.0881. The van der Waals surface area contributed by atoms with Crippen LogP contribution in [-0.2, 0) is 20.3 Å². The first-order valence-corrected chi connectivity index (χ1v) is 8.40. The molecule has 118 valence electrons. The van der Waals surface area contributed by atoms with Crippen molar-refractivity contribution in [3.8, 4) is 11.5 Å². The second-order valence-corrected chi connectivity index (χ2v) is 7.10. The number of phenols is 1. The normalized spacial score (nSPS) is 22.9. The second kappa shape index (κ2) is 5.09. The SMILES string of the molecule is Cc1ccc([S@](=O)c2c(O)ccc3c2[C@@H]2OC(=O)C[C@@H]2O3)cc1. The van der Waals surface area contributed by atoms with E-state index in [1.54, 1.807) is 18.2 Å². The Balaban J connectivity index is 1.84. The van der Waals surface area contributed by atoms with Crippen molar-refractivity contribution in [2.45, 2.75) is 35.3 Å². The highest BCUT2D eigenvalue weighted by Gasteiger charge is 2.47. The molecular formula is C17H14O5S. The number of ether oxygens (including phenoxy) is 2. The Hall–Kier alpha value is -2.34. The smallest absolute Gasteiger partial charge is 0.310 e.